The van der Waals surface area contributed by atoms with Gasteiger partial charge >= 0.3 is 12.4 Å². The van der Waals surface area contributed by atoms with Crippen LogP contribution in [0.25, 0.3) is 11.1 Å². The SMILES string of the molecule is Nc1ccc(C(=O)Nc2ccc(-c3ccc(NC(=O)c4cccc(N)c4)cc3C(F)(F)F)c(C(F)(F)F)c2)cc1. The van der Waals surface area contributed by atoms with Crippen molar-refractivity contribution < 1.29 is 35.9 Å². The third-order valence-electron chi connectivity index (χ3n) is 5.78. The predicted octanol–water partition coefficient (Wildman–Crippen LogP) is 7.06. The van der Waals surface area contributed by atoms with Crippen molar-refractivity contribution >= 4 is 34.6 Å². The molecule has 12 heteroatoms. The first-order valence-corrected chi connectivity index (χ1v) is 11.5. The largest absolute Gasteiger partial charge is 0.417 e. The fourth-order valence-electron chi connectivity index (χ4n) is 3.90. The molecule has 40 heavy (non-hydrogen) atoms. The Labute approximate surface area is 223 Å². The molecule has 6 N–H and O–H groups in total. The van der Waals surface area contributed by atoms with Crippen LogP contribution >= 0.6 is 0 Å². The van der Waals surface area contributed by atoms with Gasteiger partial charge in [0.2, 0.25) is 0 Å². The number of anilines is 4. The summed E-state index contributed by atoms with van der Waals surface area (Å²) in [7, 11) is 0. The third kappa shape index (κ3) is 6.34. The van der Waals surface area contributed by atoms with Crippen molar-refractivity contribution in [1.29, 1.82) is 0 Å². The maximum atomic E-state index is 14.0. The van der Waals surface area contributed by atoms with E-state index in [1.54, 1.807) is 0 Å². The van der Waals surface area contributed by atoms with E-state index >= 15 is 0 Å². The lowest BCUT2D eigenvalue weighted by atomic mass is 9.93. The van der Waals surface area contributed by atoms with Gasteiger partial charge in [-0.05, 0) is 77.9 Å². The molecule has 0 aliphatic carbocycles. The summed E-state index contributed by atoms with van der Waals surface area (Å²) in [6.07, 6.45) is -10.1. The van der Waals surface area contributed by atoms with Crippen LogP contribution in [0.2, 0.25) is 0 Å². The highest BCUT2D eigenvalue weighted by molar-refractivity contribution is 6.05. The predicted molar refractivity (Wildman–Crippen MR) is 139 cm³/mol. The summed E-state index contributed by atoms with van der Waals surface area (Å²) in [5.74, 6) is -1.50. The van der Waals surface area contributed by atoms with Crippen LogP contribution in [0.4, 0.5) is 49.1 Å². The van der Waals surface area contributed by atoms with Gasteiger partial charge in [0.25, 0.3) is 11.8 Å². The van der Waals surface area contributed by atoms with Gasteiger partial charge in [-0.1, -0.05) is 18.2 Å². The first-order valence-electron chi connectivity index (χ1n) is 11.5. The number of amides is 2. The van der Waals surface area contributed by atoms with E-state index < -0.39 is 46.4 Å². The Hall–Kier alpha value is -5.00. The van der Waals surface area contributed by atoms with Crippen LogP contribution in [0, 0.1) is 0 Å². The van der Waals surface area contributed by atoms with E-state index in [1.807, 2.05) is 0 Å². The lowest BCUT2D eigenvalue weighted by molar-refractivity contribution is -0.139. The van der Waals surface area contributed by atoms with E-state index in [-0.39, 0.29) is 28.2 Å². The highest BCUT2D eigenvalue weighted by Crippen LogP contribution is 2.44. The highest BCUT2D eigenvalue weighted by Gasteiger charge is 2.39. The lowest BCUT2D eigenvalue weighted by Crippen LogP contribution is -2.16. The summed E-state index contributed by atoms with van der Waals surface area (Å²) >= 11 is 0. The van der Waals surface area contributed by atoms with Gasteiger partial charge in [0.15, 0.2) is 0 Å². The number of rotatable bonds is 5. The van der Waals surface area contributed by atoms with Crippen molar-refractivity contribution in [3.8, 4) is 11.1 Å². The van der Waals surface area contributed by atoms with Gasteiger partial charge in [-0.3, -0.25) is 9.59 Å². The van der Waals surface area contributed by atoms with E-state index in [1.165, 1.54) is 48.5 Å². The molecule has 0 aromatic heterocycles. The second kappa shape index (κ2) is 10.6. The summed E-state index contributed by atoms with van der Waals surface area (Å²) in [4.78, 5) is 24.9. The number of alkyl halides is 6. The Morgan fingerprint density at radius 1 is 0.550 bits per heavy atom. The van der Waals surface area contributed by atoms with Gasteiger partial charge in [0, 0.05) is 33.9 Å². The minimum Gasteiger partial charge on any atom is -0.399 e. The van der Waals surface area contributed by atoms with Crippen molar-refractivity contribution in [2.45, 2.75) is 12.4 Å². The smallest absolute Gasteiger partial charge is 0.399 e. The summed E-state index contributed by atoms with van der Waals surface area (Å²) in [6.45, 7) is 0. The zero-order valence-corrected chi connectivity index (χ0v) is 20.3. The average molecular weight is 558 g/mol. The summed E-state index contributed by atoms with van der Waals surface area (Å²) in [5, 5.41) is 4.60. The molecule has 0 saturated heterocycles. The van der Waals surface area contributed by atoms with E-state index in [0.29, 0.717) is 17.8 Å². The van der Waals surface area contributed by atoms with Crippen LogP contribution in [0.5, 0.6) is 0 Å². The molecule has 0 fully saturated rings. The standard InChI is InChI=1S/C28H20F6N4O2/c29-27(30,31)23-13-19(37-25(39)15-4-6-17(35)7-5-15)8-10-21(23)22-11-9-20(14-24(22)28(32,33)34)38-26(40)16-2-1-3-18(36)12-16/h1-14H,35-36H2,(H,37,39)(H,38,40). The van der Waals surface area contributed by atoms with E-state index in [0.717, 1.165) is 24.3 Å². The molecule has 4 aromatic rings. The molecule has 0 saturated carbocycles. The Bertz CT molecular complexity index is 1580. The summed E-state index contributed by atoms with van der Waals surface area (Å²) in [6, 6.07) is 16.2. The zero-order valence-electron chi connectivity index (χ0n) is 20.3. The molecule has 6 nitrogen and oxygen atoms in total. The molecule has 0 heterocycles. The number of benzene rings is 4. The number of hydrogen-bond donors (Lipinski definition) is 4. The van der Waals surface area contributed by atoms with Crippen molar-refractivity contribution in [3.63, 3.8) is 0 Å². The van der Waals surface area contributed by atoms with Crippen LogP contribution in [-0.2, 0) is 12.4 Å². The van der Waals surface area contributed by atoms with Crippen LogP contribution in [0.1, 0.15) is 31.8 Å². The molecular weight excluding hydrogens is 538 g/mol. The third-order valence-corrected chi connectivity index (χ3v) is 5.78. The molecule has 0 unspecified atom stereocenters. The normalized spacial score (nSPS) is 11.7. The fraction of sp³-hybridized carbons (Fsp3) is 0.0714. The van der Waals surface area contributed by atoms with E-state index in [4.69, 9.17) is 11.5 Å². The summed E-state index contributed by atoms with van der Waals surface area (Å²) in [5.41, 5.74) is 7.11. The average Bonchev–Trinajstić information content (AvgIpc) is 2.88. The Kier molecular flexibility index (Phi) is 7.45. The Morgan fingerprint density at radius 2 is 1.02 bits per heavy atom. The molecule has 0 radical (unpaired) electrons. The molecule has 4 rings (SSSR count). The number of nitrogens with one attached hydrogen (secondary N) is 2. The van der Waals surface area contributed by atoms with Crippen molar-refractivity contribution in [3.05, 3.63) is 107 Å². The quantitative estimate of drug-likeness (QED) is 0.155. The lowest BCUT2D eigenvalue weighted by Gasteiger charge is -2.20. The van der Waals surface area contributed by atoms with Crippen LogP contribution < -0.4 is 22.1 Å². The first-order chi connectivity index (χ1) is 18.7. The molecule has 0 spiro atoms. The van der Waals surface area contributed by atoms with Gasteiger partial charge in [-0.25, -0.2) is 0 Å². The molecule has 0 bridgehead atoms. The van der Waals surface area contributed by atoms with Crippen LogP contribution in [0.3, 0.4) is 0 Å². The zero-order chi connectivity index (χ0) is 29.2. The maximum Gasteiger partial charge on any atom is 0.417 e. The fourth-order valence-corrected chi connectivity index (χ4v) is 3.90. The second-order valence-electron chi connectivity index (χ2n) is 8.67. The Balaban J connectivity index is 1.72. The van der Waals surface area contributed by atoms with Crippen LogP contribution in [-0.4, -0.2) is 11.8 Å². The number of nitrogen functional groups attached to an aromatic ring is 2. The minimum atomic E-state index is -5.07. The number of carbonyl (C=O) groups excluding carboxylic acids is 2. The van der Waals surface area contributed by atoms with Crippen molar-refractivity contribution in [1.82, 2.24) is 0 Å². The van der Waals surface area contributed by atoms with Gasteiger partial charge in [0.05, 0.1) is 11.1 Å². The monoisotopic (exact) mass is 558 g/mol. The second-order valence-corrected chi connectivity index (χ2v) is 8.67. The molecule has 206 valence electrons. The number of halogens is 6. The van der Waals surface area contributed by atoms with Crippen molar-refractivity contribution in [2.24, 2.45) is 0 Å². The van der Waals surface area contributed by atoms with Gasteiger partial charge in [-0.15, -0.1) is 0 Å². The van der Waals surface area contributed by atoms with E-state index in [9.17, 15) is 35.9 Å². The molecule has 4 aromatic carbocycles. The number of hydrogen-bond acceptors (Lipinski definition) is 4. The van der Waals surface area contributed by atoms with Gasteiger partial charge in [0.1, 0.15) is 0 Å². The van der Waals surface area contributed by atoms with Gasteiger partial charge < -0.3 is 22.1 Å². The molecule has 0 aliphatic rings. The van der Waals surface area contributed by atoms with Crippen molar-refractivity contribution in [2.75, 3.05) is 22.1 Å². The molecule has 0 atom stereocenters. The first kappa shape index (κ1) is 28.0. The minimum absolute atomic E-state index is 0.0774. The molecule has 0 aliphatic heterocycles. The molecular formula is C28H20F6N4O2. The van der Waals surface area contributed by atoms with Crippen LogP contribution in [0.15, 0.2) is 84.9 Å². The number of nitrogens with two attached hydrogens (primary N) is 2. The highest BCUT2D eigenvalue weighted by atomic mass is 19.4. The van der Waals surface area contributed by atoms with E-state index in [2.05, 4.69) is 10.6 Å². The maximum absolute atomic E-state index is 14.0. The number of carbonyl (C=O) groups is 2. The summed E-state index contributed by atoms with van der Waals surface area (Å²) < 4.78 is 84.3. The Morgan fingerprint density at radius 3 is 1.48 bits per heavy atom. The van der Waals surface area contributed by atoms with Gasteiger partial charge in [-0.2, -0.15) is 26.3 Å². The topological polar surface area (TPSA) is 110 Å². The molecule has 2 amide bonds.